The first-order valence-corrected chi connectivity index (χ1v) is 9.29. The lowest BCUT2D eigenvalue weighted by atomic mass is 10.2. The molecule has 7 nitrogen and oxygen atoms in total. The molecule has 3 rings (SSSR count). The van der Waals surface area contributed by atoms with Gasteiger partial charge in [-0.1, -0.05) is 11.6 Å². The van der Waals surface area contributed by atoms with Gasteiger partial charge in [-0.2, -0.15) is 13.2 Å². The minimum atomic E-state index is -4.66. The number of anilines is 2. The molecule has 1 heterocycles. The van der Waals surface area contributed by atoms with Crippen molar-refractivity contribution in [2.24, 2.45) is 0 Å². The van der Waals surface area contributed by atoms with Crippen molar-refractivity contribution in [1.29, 1.82) is 0 Å². The van der Waals surface area contributed by atoms with Crippen LogP contribution in [0.1, 0.15) is 16.1 Å². The van der Waals surface area contributed by atoms with Crippen molar-refractivity contribution in [3.63, 3.8) is 0 Å². The summed E-state index contributed by atoms with van der Waals surface area (Å²) in [5.41, 5.74) is -0.981. The molecule has 166 valence electrons. The molecule has 0 aliphatic carbocycles. The minimum absolute atomic E-state index is 0.000546. The molecule has 0 aliphatic heterocycles. The standard InChI is InChI=1S/C21H15ClF3N3O4/c1-28(13-4-7-17(22)16(10-13)21(23,24)25)20(31)27-12-2-5-14(6-3-12)32-15-8-9-26-18(11-15)19(29)30/h2-11H,1H3,(H,27,31)(H,29,30)/p-1. The second-order valence-corrected chi connectivity index (χ2v) is 6.85. The van der Waals surface area contributed by atoms with Crippen molar-refractivity contribution < 1.29 is 32.6 Å². The molecule has 32 heavy (non-hydrogen) atoms. The van der Waals surface area contributed by atoms with Gasteiger partial charge in [-0.3, -0.25) is 9.88 Å². The van der Waals surface area contributed by atoms with E-state index in [1.807, 2.05) is 0 Å². The van der Waals surface area contributed by atoms with Gasteiger partial charge in [-0.15, -0.1) is 0 Å². The molecule has 0 bridgehead atoms. The number of nitrogens with zero attached hydrogens (tertiary/aromatic N) is 2. The molecule has 0 radical (unpaired) electrons. The number of pyridine rings is 1. The molecule has 0 saturated carbocycles. The normalized spacial score (nSPS) is 11.0. The monoisotopic (exact) mass is 464 g/mol. The highest BCUT2D eigenvalue weighted by Gasteiger charge is 2.33. The van der Waals surface area contributed by atoms with Gasteiger partial charge in [0.2, 0.25) is 0 Å². The van der Waals surface area contributed by atoms with E-state index in [1.165, 1.54) is 55.7 Å². The zero-order valence-corrected chi connectivity index (χ0v) is 17.1. The number of rotatable bonds is 5. The van der Waals surface area contributed by atoms with E-state index in [1.54, 1.807) is 0 Å². The van der Waals surface area contributed by atoms with E-state index in [0.29, 0.717) is 11.4 Å². The van der Waals surface area contributed by atoms with E-state index in [0.717, 1.165) is 17.0 Å². The maximum absolute atomic E-state index is 13.0. The number of carboxylic acid groups (broad SMARTS) is 1. The summed E-state index contributed by atoms with van der Waals surface area (Å²) in [6.07, 6.45) is -3.40. The van der Waals surface area contributed by atoms with Gasteiger partial charge >= 0.3 is 12.2 Å². The van der Waals surface area contributed by atoms with Crippen LogP contribution < -0.4 is 20.1 Å². The first kappa shape index (κ1) is 22.9. The molecule has 2 aromatic carbocycles. The number of carbonyl (C=O) groups is 2. The number of hydrogen-bond acceptors (Lipinski definition) is 5. The maximum Gasteiger partial charge on any atom is 0.417 e. The SMILES string of the molecule is CN(C(=O)Nc1ccc(Oc2ccnc(C(=O)[O-])c2)cc1)c1ccc(Cl)c(C(F)(F)F)c1. The Morgan fingerprint density at radius 3 is 2.38 bits per heavy atom. The number of hydrogen-bond donors (Lipinski definition) is 1. The van der Waals surface area contributed by atoms with Crippen LogP contribution in [0.4, 0.5) is 29.3 Å². The van der Waals surface area contributed by atoms with E-state index in [-0.39, 0.29) is 17.1 Å². The van der Waals surface area contributed by atoms with Crippen LogP contribution in [0, 0.1) is 0 Å². The van der Waals surface area contributed by atoms with Gasteiger partial charge in [0, 0.05) is 30.7 Å². The number of aromatic nitrogens is 1. The second-order valence-electron chi connectivity index (χ2n) is 6.44. The van der Waals surface area contributed by atoms with Crippen LogP contribution in [0.3, 0.4) is 0 Å². The summed E-state index contributed by atoms with van der Waals surface area (Å²) >= 11 is 5.61. The summed E-state index contributed by atoms with van der Waals surface area (Å²) in [6.45, 7) is 0. The maximum atomic E-state index is 13.0. The number of alkyl halides is 3. The molecule has 0 unspecified atom stereocenters. The molecule has 3 aromatic rings. The smallest absolute Gasteiger partial charge is 0.417 e. The molecule has 11 heteroatoms. The average molecular weight is 465 g/mol. The summed E-state index contributed by atoms with van der Waals surface area (Å²) in [6, 6.07) is 11.2. The van der Waals surface area contributed by atoms with Crippen LogP contribution in [0.2, 0.25) is 5.02 Å². The van der Waals surface area contributed by atoms with E-state index in [9.17, 15) is 27.9 Å². The largest absolute Gasteiger partial charge is 0.543 e. The van der Waals surface area contributed by atoms with Gasteiger partial charge < -0.3 is 20.0 Å². The number of aromatic carboxylic acids is 1. The van der Waals surface area contributed by atoms with E-state index < -0.39 is 28.8 Å². The quantitative estimate of drug-likeness (QED) is 0.596. The molecule has 0 spiro atoms. The van der Waals surface area contributed by atoms with Crippen molar-refractivity contribution in [3.8, 4) is 11.5 Å². The fraction of sp³-hybridized carbons (Fsp3) is 0.0952. The Balaban J connectivity index is 1.68. The predicted molar refractivity (Wildman–Crippen MR) is 109 cm³/mol. The van der Waals surface area contributed by atoms with E-state index in [4.69, 9.17) is 16.3 Å². The molecule has 0 atom stereocenters. The fourth-order valence-corrected chi connectivity index (χ4v) is 2.82. The highest BCUT2D eigenvalue weighted by molar-refractivity contribution is 6.31. The average Bonchev–Trinajstić information content (AvgIpc) is 2.74. The van der Waals surface area contributed by atoms with Crippen molar-refractivity contribution in [2.75, 3.05) is 17.3 Å². The Hall–Kier alpha value is -3.79. The van der Waals surface area contributed by atoms with Crippen LogP contribution >= 0.6 is 11.6 Å². The number of carboxylic acids is 1. The van der Waals surface area contributed by atoms with Gasteiger partial charge in [0.05, 0.1) is 22.2 Å². The summed E-state index contributed by atoms with van der Waals surface area (Å²) < 4.78 is 44.7. The molecule has 0 fully saturated rings. The number of nitrogens with one attached hydrogen (secondary N) is 1. The first-order chi connectivity index (χ1) is 15.0. The Morgan fingerprint density at radius 2 is 1.75 bits per heavy atom. The molecular formula is C21H14ClF3N3O4-. The Bertz CT molecular complexity index is 1150. The van der Waals surface area contributed by atoms with Gasteiger partial charge in [0.15, 0.2) is 0 Å². The first-order valence-electron chi connectivity index (χ1n) is 8.91. The van der Waals surface area contributed by atoms with Crippen molar-refractivity contribution >= 4 is 35.0 Å². The third-order valence-corrected chi connectivity index (χ3v) is 4.56. The Morgan fingerprint density at radius 1 is 1.06 bits per heavy atom. The summed E-state index contributed by atoms with van der Waals surface area (Å²) in [5.74, 6) is -0.876. The van der Waals surface area contributed by atoms with Crippen molar-refractivity contribution in [2.45, 2.75) is 6.18 Å². The Kier molecular flexibility index (Phi) is 6.54. The minimum Gasteiger partial charge on any atom is -0.543 e. The van der Waals surface area contributed by atoms with E-state index >= 15 is 0 Å². The number of benzene rings is 2. The topological polar surface area (TPSA) is 94.6 Å². The van der Waals surface area contributed by atoms with Crippen LogP contribution in [-0.2, 0) is 6.18 Å². The third-order valence-electron chi connectivity index (χ3n) is 4.23. The summed E-state index contributed by atoms with van der Waals surface area (Å²) in [5, 5.41) is 12.9. The number of halogens is 4. The fourth-order valence-electron chi connectivity index (χ4n) is 2.59. The Labute approximate surface area is 185 Å². The zero-order chi connectivity index (χ0) is 23.5. The van der Waals surface area contributed by atoms with Gasteiger partial charge in [-0.25, -0.2) is 4.79 Å². The predicted octanol–water partition coefficient (Wildman–Crippen LogP) is 4.58. The van der Waals surface area contributed by atoms with Gasteiger partial charge in [0.1, 0.15) is 11.5 Å². The highest BCUT2D eigenvalue weighted by Crippen LogP contribution is 2.37. The molecule has 0 saturated heterocycles. The molecule has 1 aromatic heterocycles. The van der Waals surface area contributed by atoms with Crippen molar-refractivity contribution in [1.82, 2.24) is 4.98 Å². The summed E-state index contributed by atoms with van der Waals surface area (Å²) in [4.78, 5) is 27.9. The van der Waals surface area contributed by atoms with Crippen LogP contribution in [-0.4, -0.2) is 24.0 Å². The van der Waals surface area contributed by atoms with Gasteiger partial charge in [-0.05, 0) is 48.5 Å². The zero-order valence-electron chi connectivity index (χ0n) is 16.3. The molecular weight excluding hydrogens is 451 g/mol. The van der Waals surface area contributed by atoms with Crippen LogP contribution in [0.15, 0.2) is 60.8 Å². The number of urea groups is 1. The molecule has 2 amide bonds. The van der Waals surface area contributed by atoms with Crippen LogP contribution in [0.25, 0.3) is 0 Å². The number of amides is 2. The second kappa shape index (κ2) is 9.15. The van der Waals surface area contributed by atoms with E-state index in [2.05, 4.69) is 10.3 Å². The lowest BCUT2D eigenvalue weighted by molar-refractivity contribution is -0.255. The number of ether oxygens (including phenoxy) is 1. The highest BCUT2D eigenvalue weighted by atomic mass is 35.5. The van der Waals surface area contributed by atoms with Crippen LogP contribution in [0.5, 0.6) is 11.5 Å². The lowest BCUT2D eigenvalue weighted by Crippen LogP contribution is -2.31. The summed E-state index contributed by atoms with van der Waals surface area (Å²) in [7, 11) is 1.31. The third kappa shape index (κ3) is 5.46. The van der Waals surface area contributed by atoms with Gasteiger partial charge in [0.25, 0.3) is 0 Å². The molecule has 1 N–H and O–H groups in total. The lowest BCUT2D eigenvalue weighted by Gasteiger charge is -2.20. The molecule has 0 aliphatic rings. The van der Waals surface area contributed by atoms with Crippen molar-refractivity contribution in [3.05, 3.63) is 77.1 Å². The number of carbonyl (C=O) groups excluding carboxylic acids is 2.